The van der Waals surface area contributed by atoms with Gasteiger partial charge in [-0.2, -0.15) is 9.78 Å². The predicted molar refractivity (Wildman–Crippen MR) is 134 cm³/mol. The van der Waals surface area contributed by atoms with Crippen LogP contribution in [0.1, 0.15) is 40.5 Å². The van der Waals surface area contributed by atoms with E-state index in [9.17, 15) is 4.79 Å². The Morgan fingerprint density at radius 2 is 1.80 bits per heavy atom. The fourth-order valence-corrected chi connectivity index (χ4v) is 4.84. The molecule has 8 nitrogen and oxygen atoms in total. The Labute approximate surface area is 204 Å². The van der Waals surface area contributed by atoms with E-state index in [1.54, 1.807) is 18.0 Å². The van der Waals surface area contributed by atoms with Crippen LogP contribution in [0.2, 0.25) is 0 Å². The number of carbonyl (C=O) groups excluding carboxylic acids is 1. The summed E-state index contributed by atoms with van der Waals surface area (Å²) in [6.07, 6.45) is 3.98. The maximum atomic E-state index is 13.8. The molecule has 178 valence electrons. The van der Waals surface area contributed by atoms with Crippen molar-refractivity contribution in [3.8, 4) is 11.6 Å². The molecule has 1 amide bonds. The van der Waals surface area contributed by atoms with Gasteiger partial charge in [0.15, 0.2) is 11.5 Å². The van der Waals surface area contributed by atoms with E-state index < -0.39 is 0 Å². The molecule has 2 aliphatic rings. The van der Waals surface area contributed by atoms with Crippen molar-refractivity contribution in [1.29, 1.82) is 0 Å². The van der Waals surface area contributed by atoms with Crippen LogP contribution in [-0.4, -0.2) is 63.8 Å². The second kappa shape index (κ2) is 8.69. The number of anilines is 1. The zero-order valence-electron chi connectivity index (χ0n) is 20.0. The molecular formula is C27H28N6O2. The molecule has 3 aromatic heterocycles. The van der Waals surface area contributed by atoms with E-state index >= 15 is 0 Å². The van der Waals surface area contributed by atoms with Gasteiger partial charge in [-0.05, 0) is 62.2 Å². The highest BCUT2D eigenvalue weighted by Crippen LogP contribution is 2.41. The number of amides is 1. The van der Waals surface area contributed by atoms with Crippen LogP contribution < -0.4 is 9.64 Å². The van der Waals surface area contributed by atoms with Crippen LogP contribution in [0.15, 0.2) is 54.7 Å². The first kappa shape index (κ1) is 21.6. The number of methoxy groups -OCH3 is 1. The monoisotopic (exact) mass is 468 g/mol. The fourth-order valence-electron chi connectivity index (χ4n) is 4.84. The van der Waals surface area contributed by atoms with Crippen LogP contribution in [0, 0.1) is 6.92 Å². The molecule has 1 saturated carbocycles. The van der Waals surface area contributed by atoms with Crippen molar-refractivity contribution in [1.82, 2.24) is 24.6 Å². The molecule has 1 aliphatic heterocycles. The van der Waals surface area contributed by atoms with Crippen LogP contribution in [0.4, 0.5) is 5.69 Å². The normalized spacial score (nSPS) is 16.1. The number of aromatic nitrogens is 4. The van der Waals surface area contributed by atoms with Crippen LogP contribution in [0.5, 0.6) is 5.75 Å². The van der Waals surface area contributed by atoms with E-state index in [4.69, 9.17) is 14.8 Å². The molecule has 0 spiro atoms. The van der Waals surface area contributed by atoms with Gasteiger partial charge in [-0.15, -0.1) is 0 Å². The summed E-state index contributed by atoms with van der Waals surface area (Å²) in [6, 6.07) is 15.8. The number of pyridine rings is 2. The van der Waals surface area contributed by atoms with E-state index in [0.717, 1.165) is 54.1 Å². The Balaban J connectivity index is 1.31. The zero-order valence-corrected chi connectivity index (χ0v) is 20.0. The van der Waals surface area contributed by atoms with Gasteiger partial charge in [-0.1, -0.05) is 6.07 Å². The van der Waals surface area contributed by atoms with Crippen molar-refractivity contribution in [2.75, 3.05) is 38.2 Å². The van der Waals surface area contributed by atoms with Crippen LogP contribution in [0.25, 0.3) is 16.9 Å². The number of aryl methyl sites for hydroxylation is 1. The Kier molecular flexibility index (Phi) is 5.36. The zero-order chi connectivity index (χ0) is 23.9. The van der Waals surface area contributed by atoms with Crippen LogP contribution >= 0.6 is 0 Å². The standard InChI is InChI=1S/C27H28N6O2/c1-18-25-22(27(34)32-15-13-31(14-16-32)20-8-10-21(35-2)11-9-20)17-23(19-6-7-19)29-26(25)33(30-18)24-5-3-4-12-28-24/h3-5,8-12,17,19H,6-7,13-16H2,1-2H3. The highest BCUT2D eigenvalue weighted by atomic mass is 16.5. The second-order valence-electron chi connectivity index (χ2n) is 9.23. The van der Waals surface area contributed by atoms with Gasteiger partial charge < -0.3 is 14.5 Å². The summed E-state index contributed by atoms with van der Waals surface area (Å²) in [7, 11) is 1.67. The molecule has 4 heterocycles. The molecule has 0 atom stereocenters. The summed E-state index contributed by atoms with van der Waals surface area (Å²) in [5.74, 6) is 2.03. The fraction of sp³-hybridized carbons (Fsp3) is 0.333. The number of ether oxygens (including phenoxy) is 1. The van der Waals surface area contributed by atoms with Crippen molar-refractivity contribution in [3.05, 3.63) is 71.7 Å². The SMILES string of the molecule is COc1ccc(N2CCN(C(=O)c3cc(C4CC4)nc4c3c(C)nn4-c3ccccn3)CC2)cc1. The van der Waals surface area contributed by atoms with Gasteiger partial charge >= 0.3 is 0 Å². The van der Waals surface area contributed by atoms with Crippen molar-refractivity contribution in [2.45, 2.75) is 25.7 Å². The van der Waals surface area contributed by atoms with Gasteiger partial charge in [-0.25, -0.2) is 9.97 Å². The molecule has 4 aromatic rings. The van der Waals surface area contributed by atoms with Crippen molar-refractivity contribution >= 4 is 22.6 Å². The molecule has 35 heavy (non-hydrogen) atoms. The largest absolute Gasteiger partial charge is 0.497 e. The van der Waals surface area contributed by atoms with E-state index in [1.165, 1.54) is 0 Å². The Morgan fingerprint density at radius 3 is 2.46 bits per heavy atom. The summed E-state index contributed by atoms with van der Waals surface area (Å²) in [4.78, 5) is 27.5. The summed E-state index contributed by atoms with van der Waals surface area (Å²) in [5.41, 5.74) is 4.34. The lowest BCUT2D eigenvalue weighted by atomic mass is 10.1. The Hall–Kier alpha value is -3.94. The van der Waals surface area contributed by atoms with Crippen LogP contribution in [0.3, 0.4) is 0 Å². The number of fused-ring (bicyclic) bond motifs is 1. The molecule has 0 unspecified atom stereocenters. The molecule has 8 heteroatoms. The van der Waals surface area contributed by atoms with Gasteiger partial charge in [0.1, 0.15) is 5.75 Å². The van der Waals surface area contributed by atoms with E-state index in [2.05, 4.69) is 22.0 Å². The number of hydrogen-bond donors (Lipinski definition) is 0. The molecule has 1 aromatic carbocycles. The molecule has 1 saturated heterocycles. The molecule has 0 bridgehead atoms. The van der Waals surface area contributed by atoms with Crippen molar-refractivity contribution < 1.29 is 9.53 Å². The highest BCUT2D eigenvalue weighted by Gasteiger charge is 2.31. The van der Waals surface area contributed by atoms with Gasteiger partial charge in [0.05, 0.1) is 23.8 Å². The maximum Gasteiger partial charge on any atom is 0.254 e. The minimum absolute atomic E-state index is 0.0531. The molecule has 1 aliphatic carbocycles. The minimum Gasteiger partial charge on any atom is -0.497 e. The molecule has 0 N–H and O–H groups in total. The quantitative estimate of drug-likeness (QED) is 0.441. The third-order valence-corrected chi connectivity index (χ3v) is 6.93. The number of carbonyl (C=O) groups is 1. The first-order valence-corrected chi connectivity index (χ1v) is 12.1. The summed E-state index contributed by atoms with van der Waals surface area (Å²) in [6.45, 7) is 4.85. The number of nitrogens with zero attached hydrogens (tertiary/aromatic N) is 6. The smallest absolute Gasteiger partial charge is 0.254 e. The van der Waals surface area contributed by atoms with Gasteiger partial charge in [0.2, 0.25) is 0 Å². The lowest BCUT2D eigenvalue weighted by Crippen LogP contribution is -2.48. The average Bonchev–Trinajstić information content (AvgIpc) is 3.72. The Morgan fingerprint density at radius 1 is 1.03 bits per heavy atom. The highest BCUT2D eigenvalue weighted by molar-refractivity contribution is 6.07. The van der Waals surface area contributed by atoms with Crippen LogP contribution in [-0.2, 0) is 0 Å². The lowest BCUT2D eigenvalue weighted by molar-refractivity contribution is 0.0748. The molecule has 6 rings (SSSR count). The first-order valence-electron chi connectivity index (χ1n) is 12.1. The molecule has 0 radical (unpaired) electrons. The number of piperazine rings is 1. The van der Waals surface area contributed by atoms with Gasteiger partial charge in [-0.3, -0.25) is 4.79 Å². The lowest BCUT2D eigenvalue weighted by Gasteiger charge is -2.36. The third kappa shape index (κ3) is 3.99. The van der Waals surface area contributed by atoms with Gasteiger partial charge in [0.25, 0.3) is 5.91 Å². The van der Waals surface area contributed by atoms with E-state index in [0.29, 0.717) is 36.0 Å². The molecule has 2 fully saturated rings. The average molecular weight is 469 g/mol. The summed E-state index contributed by atoms with van der Waals surface area (Å²) >= 11 is 0. The van der Waals surface area contributed by atoms with Crippen molar-refractivity contribution in [2.24, 2.45) is 0 Å². The Bertz CT molecular complexity index is 1370. The van der Waals surface area contributed by atoms with E-state index in [-0.39, 0.29) is 5.91 Å². The number of rotatable bonds is 5. The van der Waals surface area contributed by atoms with E-state index in [1.807, 2.05) is 48.2 Å². The summed E-state index contributed by atoms with van der Waals surface area (Å²) < 4.78 is 7.05. The number of benzene rings is 1. The number of hydrogen-bond acceptors (Lipinski definition) is 6. The minimum atomic E-state index is 0.0531. The third-order valence-electron chi connectivity index (χ3n) is 6.93. The second-order valence-corrected chi connectivity index (χ2v) is 9.23. The van der Waals surface area contributed by atoms with Gasteiger partial charge in [0, 0.05) is 49.7 Å². The maximum absolute atomic E-state index is 13.8. The predicted octanol–water partition coefficient (Wildman–Crippen LogP) is 3.97. The topological polar surface area (TPSA) is 76.4 Å². The molecular weight excluding hydrogens is 440 g/mol. The summed E-state index contributed by atoms with van der Waals surface area (Å²) in [5, 5.41) is 5.56. The first-order chi connectivity index (χ1) is 17.1. The van der Waals surface area contributed by atoms with Crippen molar-refractivity contribution in [3.63, 3.8) is 0 Å².